The highest BCUT2D eigenvalue weighted by molar-refractivity contribution is 7.90. The molecule has 2 fully saturated rings. The van der Waals surface area contributed by atoms with Crippen molar-refractivity contribution in [3.8, 4) is 0 Å². The molecule has 25 heavy (non-hydrogen) atoms. The Morgan fingerprint density at radius 2 is 2.00 bits per heavy atom. The Balaban J connectivity index is 1.46. The number of likely N-dealkylation sites (tertiary alicyclic amines) is 1. The van der Waals surface area contributed by atoms with Crippen LogP contribution in [-0.2, 0) is 14.6 Å². The molecule has 1 aromatic rings. The molecule has 1 N–H and O–H groups in total. The number of sulfone groups is 1. The van der Waals surface area contributed by atoms with Gasteiger partial charge in [0.15, 0.2) is 0 Å². The summed E-state index contributed by atoms with van der Waals surface area (Å²) in [7, 11) is -3.12. The Hall–Kier alpha value is -1.96. The van der Waals surface area contributed by atoms with E-state index in [1.807, 2.05) is 0 Å². The van der Waals surface area contributed by atoms with Crippen molar-refractivity contribution in [2.24, 2.45) is 5.41 Å². The van der Waals surface area contributed by atoms with E-state index in [0.29, 0.717) is 18.7 Å². The molecule has 2 heterocycles. The largest absolute Gasteiger partial charge is 0.349 e. The van der Waals surface area contributed by atoms with Crippen LogP contribution in [0, 0.1) is 5.41 Å². The third-order valence-corrected chi connectivity index (χ3v) is 6.06. The standard InChI is InChI=1S/C17H23N3O4S/c1-25(23,24)9-4-15(21)20-8-5-17(12-20)10-14(11-17)19-16(22)13-2-6-18-7-3-13/h2-3,6-7,14H,4-5,8-12H2,1H3,(H,19,22). The van der Waals surface area contributed by atoms with Crippen LogP contribution in [0.2, 0.25) is 0 Å². The Morgan fingerprint density at radius 3 is 2.64 bits per heavy atom. The summed E-state index contributed by atoms with van der Waals surface area (Å²) in [5, 5.41) is 3.02. The average molecular weight is 365 g/mol. The van der Waals surface area contributed by atoms with Gasteiger partial charge in [0.05, 0.1) is 5.75 Å². The van der Waals surface area contributed by atoms with Crippen molar-refractivity contribution in [3.05, 3.63) is 30.1 Å². The summed E-state index contributed by atoms with van der Waals surface area (Å²) >= 11 is 0. The van der Waals surface area contributed by atoms with Gasteiger partial charge in [0.25, 0.3) is 5.91 Å². The molecule has 1 aromatic heterocycles. The Morgan fingerprint density at radius 1 is 1.32 bits per heavy atom. The fourth-order valence-electron chi connectivity index (χ4n) is 3.77. The lowest BCUT2D eigenvalue weighted by atomic mass is 9.65. The second kappa shape index (κ2) is 6.74. The number of nitrogens with zero attached hydrogens (tertiary/aromatic N) is 2. The first-order valence-electron chi connectivity index (χ1n) is 8.43. The molecule has 3 rings (SSSR count). The molecular formula is C17H23N3O4S. The first-order valence-corrected chi connectivity index (χ1v) is 10.5. The lowest BCUT2D eigenvalue weighted by Gasteiger charge is -2.45. The lowest BCUT2D eigenvalue weighted by molar-refractivity contribution is -0.130. The molecule has 7 nitrogen and oxygen atoms in total. The van der Waals surface area contributed by atoms with E-state index in [4.69, 9.17) is 0 Å². The van der Waals surface area contributed by atoms with Crippen LogP contribution in [0.3, 0.4) is 0 Å². The number of aromatic nitrogens is 1. The molecule has 2 aliphatic rings. The van der Waals surface area contributed by atoms with Crippen LogP contribution in [0.15, 0.2) is 24.5 Å². The molecule has 0 radical (unpaired) electrons. The number of carbonyl (C=O) groups excluding carboxylic acids is 2. The molecule has 0 bridgehead atoms. The zero-order valence-corrected chi connectivity index (χ0v) is 15.1. The fraction of sp³-hybridized carbons (Fsp3) is 0.588. The van der Waals surface area contributed by atoms with Crippen LogP contribution in [0.25, 0.3) is 0 Å². The molecule has 1 aliphatic carbocycles. The van der Waals surface area contributed by atoms with Gasteiger partial charge in [0, 0.05) is 49.8 Å². The van der Waals surface area contributed by atoms with Crippen molar-refractivity contribution in [1.29, 1.82) is 0 Å². The van der Waals surface area contributed by atoms with E-state index in [-0.39, 0.29) is 35.4 Å². The highest BCUT2D eigenvalue weighted by Gasteiger charge is 2.49. The summed E-state index contributed by atoms with van der Waals surface area (Å²) in [6.07, 6.45) is 7.02. The van der Waals surface area contributed by atoms with Gasteiger partial charge in [0.1, 0.15) is 9.84 Å². The molecule has 1 spiro atoms. The van der Waals surface area contributed by atoms with E-state index < -0.39 is 9.84 Å². The predicted molar refractivity (Wildman–Crippen MR) is 92.7 cm³/mol. The minimum absolute atomic E-state index is 0.0527. The number of pyridine rings is 1. The maximum Gasteiger partial charge on any atom is 0.251 e. The van der Waals surface area contributed by atoms with E-state index in [2.05, 4.69) is 10.3 Å². The number of hydrogen-bond donors (Lipinski definition) is 1. The highest BCUT2D eigenvalue weighted by Crippen LogP contribution is 2.48. The SMILES string of the molecule is CS(=O)(=O)CCC(=O)N1CCC2(CC(NC(=O)c3ccncc3)C2)C1. The van der Waals surface area contributed by atoms with Gasteiger partial charge in [-0.15, -0.1) is 0 Å². The number of hydrogen-bond acceptors (Lipinski definition) is 5. The number of rotatable bonds is 5. The van der Waals surface area contributed by atoms with Crippen LogP contribution in [0.4, 0.5) is 0 Å². The van der Waals surface area contributed by atoms with Crippen LogP contribution < -0.4 is 5.32 Å². The van der Waals surface area contributed by atoms with Crippen molar-refractivity contribution >= 4 is 21.7 Å². The summed E-state index contributed by atoms with van der Waals surface area (Å²) in [6, 6.07) is 3.50. The van der Waals surface area contributed by atoms with Gasteiger partial charge in [-0.3, -0.25) is 14.6 Å². The summed E-state index contributed by atoms with van der Waals surface area (Å²) in [4.78, 5) is 30.0. The van der Waals surface area contributed by atoms with Crippen molar-refractivity contribution in [1.82, 2.24) is 15.2 Å². The Bertz CT molecular complexity index is 757. The number of carbonyl (C=O) groups is 2. The molecule has 1 aliphatic heterocycles. The maximum atomic E-state index is 12.1. The Labute approximate surface area is 147 Å². The van der Waals surface area contributed by atoms with Crippen molar-refractivity contribution < 1.29 is 18.0 Å². The summed E-state index contributed by atoms with van der Waals surface area (Å²) in [6.45, 7) is 1.34. The third-order valence-electron chi connectivity index (χ3n) is 5.11. The van der Waals surface area contributed by atoms with Gasteiger partial charge in [-0.25, -0.2) is 8.42 Å². The van der Waals surface area contributed by atoms with E-state index in [1.54, 1.807) is 29.4 Å². The molecular weight excluding hydrogens is 342 g/mol. The van der Waals surface area contributed by atoms with Gasteiger partial charge >= 0.3 is 0 Å². The molecule has 0 unspecified atom stereocenters. The number of nitrogens with one attached hydrogen (secondary N) is 1. The minimum atomic E-state index is -3.12. The molecule has 0 aromatic carbocycles. The maximum absolute atomic E-state index is 12.1. The minimum Gasteiger partial charge on any atom is -0.349 e. The predicted octanol–water partition coefficient (Wildman–Crippen LogP) is 0.627. The quantitative estimate of drug-likeness (QED) is 0.825. The average Bonchev–Trinajstić information content (AvgIpc) is 2.98. The van der Waals surface area contributed by atoms with E-state index in [9.17, 15) is 18.0 Å². The van der Waals surface area contributed by atoms with Gasteiger partial charge in [0.2, 0.25) is 5.91 Å². The molecule has 136 valence electrons. The van der Waals surface area contributed by atoms with Gasteiger partial charge < -0.3 is 10.2 Å². The van der Waals surface area contributed by atoms with Gasteiger partial charge in [-0.2, -0.15) is 0 Å². The smallest absolute Gasteiger partial charge is 0.251 e. The van der Waals surface area contributed by atoms with Crippen LogP contribution in [0.1, 0.15) is 36.0 Å². The van der Waals surface area contributed by atoms with Crippen molar-refractivity contribution in [2.45, 2.75) is 31.7 Å². The first-order chi connectivity index (χ1) is 11.8. The fourth-order valence-corrected chi connectivity index (χ4v) is 4.32. The molecule has 1 saturated heterocycles. The molecule has 1 saturated carbocycles. The van der Waals surface area contributed by atoms with Crippen LogP contribution >= 0.6 is 0 Å². The van der Waals surface area contributed by atoms with Gasteiger partial charge in [-0.1, -0.05) is 0 Å². The Kier molecular flexibility index (Phi) is 4.81. The van der Waals surface area contributed by atoms with Crippen LogP contribution in [0.5, 0.6) is 0 Å². The van der Waals surface area contributed by atoms with Gasteiger partial charge in [-0.05, 0) is 36.8 Å². The molecule has 2 amide bonds. The van der Waals surface area contributed by atoms with E-state index in [0.717, 1.165) is 25.5 Å². The highest BCUT2D eigenvalue weighted by atomic mass is 32.2. The third kappa shape index (κ3) is 4.36. The zero-order chi connectivity index (χ0) is 18.1. The monoisotopic (exact) mass is 365 g/mol. The summed E-state index contributed by atoms with van der Waals surface area (Å²) < 4.78 is 22.4. The molecule has 0 atom stereocenters. The van der Waals surface area contributed by atoms with E-state index in [1.165, 1.54) is 0 Å². The summed E-state index contributed by atoms with van der Waals surface area (Å²) in [5.74, 6) is -0.284. The lowest BCUT2D eigenvalue weighted by Crippen LogP contribution is -2.52. The topological polar surface area (TPSA) is 96.4 Å². The van der Waals surface area contributed by atoms with Crippen molar-refractivity contribution in [2.75, 3.05) is 25.1 Å². The second-order valence-electron chi connectivity index (χ2n) is 7.26. The normalized spacial score (nSPS) is 25.6. The van der Waals surface area contributed by atoms with Crippen LogP contribution in [-0.4, -0.2) is 61.3 Å². The molecule has 8 heteroatoms. The second-order valence-corrected chi connectivity index (χ2v) is 9.52. The first kappa shape index (κ1) is 17.8. The summed E-state index contributed by atoms with van der Waals surface area (Å²) in [5.41, 5.74) is 0.677. The van der Waals surface area contributed by atoms with E-state index >= 15 is 0 Å². The van der Waals surface area contributed by atoms with Crippen molar-refractivity contribution in [3.63, 3.8) is 0 Å². The number of amides is 2. The zero-order valence-electron chi connectivity index (χ0n) is 14.3.